The summed E-state index contributed by atoms with van der Waals surface area (Å²) in [4.78, 5) is 22.2. The number of carbonyl (C=O) groups is 2. The molecule has 1 aromatic carbocycles. The molecular formula is C12H13NO4. The number of hydrogen-bond donors (Lipinski definition) is 1. The monoisotopic (exact) mass is 235 g/mol. The van der Waals surface area contributed by atoms with Crippen molar-refractivity contribution in [3.8, 4) is 5.75 Å². The number of benzene rings is 1. The molecule has 0 saturated carbocycles. The van der Waals surface area contributed by atoms with Crippen LogP contribution >= 0.6 is 0 Å². The molecule has 0 bridgehead atoms. The van der Waals surface area contributed by atoms with Crippen molar-refractivity contribution in [2.24, 2.45) is 0 Å². The lowest BCUT2D eigenvalue weighted by molar-refractivity contribution is -0.141. The van der Waals surface area contributed by atoms with Crippen molar-refractivity contribution in [3.05, 3.63) is 23.8 Å². The lowest BCUT2D eigenvalue weighted by Gasteiger charge is -2.07. The van der Waals surface area contributed by atoms with E-state index in [1.807, 2.05) is 6.07 Å². The fourth-order valence-corrected chi connectivity index (χ4v) is 1.61. The molecule has 1 N–H and O–H groups in total. The van der Waals surface area contributed by atoms with Crippen molar-refractivity contribution >= 4 is 17.6 Å². The molecule has 0 saturated heterocycles. The van der Waals surface area contributed by atoms with Gasteiger partial charge in [0.1, 0.15) is 12.3 Å². The Hall–Kier alpha value is -2.04. The summed E-state index contributed by atoms with van der Waals surface area (Å²) < 4.78 is 9.79. The van der Waals surface area contributed by atoms with Gasteiger partial charge in [0.05, 0.1) is 13.0 Å². The second kappa shape index (κ2) is 4.86. The van der Waals surface area contributed by atoms with E-state index in [0.29, 0.717) is 18.8 Å². The van der Waals surface area contributed by atoms with Gasteiger partial charge in [-0.05, 0) is 13.0 Å². The number of carbonyl (C=O) groups excluding carboxylic acids is 2. The topological polar surface area (TPSA) is 64.6 Å². The predicted octanol–water partition coefficient (Wildman–Crippen LogP) is 1.12. The number of nitrogens with one attached hydrogen (secondary N) is 1. The standard InChI is InChI=1S/C12H13NO4/c1-2-16-12(15)7-13-9-4-3-8-5-11(14)17-10(8)6-9/h3-4,6,13H,2,5,7H2,1H3. The Morgan fingerprint density at radius 2 is 2.35 bits per heavy atom. The second-order valence-corrected chi connectivity index (χ2v) is 3.63. The molecule has 0 aromatic heterocycles. The molecule has 17 heavy (non-hydrogen) atoms. The van der Waals surface area contributed by atoms with Gasteiger partial charge in [0, 0.05) is 17.3 Å². The third kappa shape index (κ3) is 2.75. The number of rotatable bonds is 4. The van der Waals surface area contributed by atoms with E-state index in [9.17, 15) is 9.59 Å². The van der Waals surface area contributed by atoms with Crippen LogP contribution in [-0.2, 0) is 20.7 Å². The first-order valence-electron chi connectivity index (χ1n) is 5.42. The summed E-state index contributed by atoms with van der Waals surface area (Å²) in [7, 11) is 0. The van der Waals surface area contributed by atoms with E-state index >= 15 is 0 Å². The maximum atomic E-state index is 11.1. The lowest BCUT2D eigenvalue weighted by Crippen LogP contribution is -2.16. The lowest BCUT2D eigenvalue weighted by atomic mass is 10.1. The Morgan fingerprint density at radius 3 is 3.12 bits per heavy atom. The summed E-state index contributed by atoms with van der Waals surface area (Å²) in [5, 5.41) is 2.91. The summed E-state index contributed by atoms with van der Waals surface area (Å²) in [5.74, 6) is -0.00334. The minimum atomic E-state index is -0.315. The molecule has 0 atom stereocenters. The Labute approximate surface area is 98.7 Å². The Morgan fingerprint density at radius 1 is 1.53 bits per heavy atom. The van der Waals surface area contributed by atoms with Crippen molar-refractivity contribution in [2.45, 2.75) is 13.3 Å². The smallest absolute Gasteiger partial charge is 0.325 e. The van der Waals surface area contributed by atoms with Crippen molar-refractivity contribution in [1.82, 2.24) is 0 Å². The van der Waals surface area contributed by atoms with Gasteiger partial charge in [0.25, 0.3) is 0 Å². The Bertz CT molecular complexity index is 456. The highest BCUT2D eigenvalue weighted by Crippen LogP contribution is 2.28. The first-order valence-corrected chi connectivity index (χ1v) is 5.42. The average Bonchev–Trinajstić information content (AvgIpc) is 2.66. The molecule has 0 spiro atoms. The van der Waals surface area contributed by atoms with Crippen LogP contribution in [0.3, 0.4) is 0 Å². The maximum Gasteiger partial charge on any atom is 0.325 e. The molecule has 1 heterocycles. The molecular weight excluding hydrogens is 222 g/mol. The van der Waals surface area contributed by atoms with Crippen LogP contribution in [0.1, 0.15) is 12.5 Å². The first kappa shape index (κ1) is 11.4. The van der Waals surface area contributed by atoms with Gasteiger partial charge in [0.2, 0.25) is 0 Å². The van der Waals surface area contributed by atoms with Gasteiger partial charge in [-0.15, -0.1) is 0 Å². The quantitative estimate of drug-likeness (QED) is 0.626. The van der Waals surface area contributed by atoms with E-state index < -0.39 is 0 Å². The van der Waals surface area contributed by atoms with Crippen LogP contribution in [0.25, 0.3) is 0 Å². The summed E-state index contributed by atoms with van der Waals surface area (Å²) in [6.45, 7) is 2.22. The summed E-state index contributed by atoms with van der Waals surface area (Å²) in [5.41, 5.74) is 1.60. The van der Waals surface area contributed by atoms with Gasteiger partial charge >= 0.3 is 11.9 Å². The average molecular weight is 235 g/mol. The number of anilines is 1. The van der Waals surface area contributed by atoms with Crippen LogP contribution in [0, 0.1) is 0 Å². The molecule has 2 rings (SSSR count). The van der Waals surface area contributed by atoms with Crippen LogP contribution < -0.4 is 10.1 Å². The molecule has 1 aliphatic rings. The molecule has 0 aliphatic carbocycles. The fraction of sp³-hybridized carbons (Fsp3) is 0.333. The van der Waals surface area contributed by atoms with Crippen LogP contribution in [-0.4, -0.2) is 25.1 Å². The Kier molecular flexibility index (Phi) is 3.27. The zero-order chi connectivity index (χ0) is 12.3. The van der Waals surface area contributed by atoms with Gasteiger partial charge in [-0.3, -0.25) is 9.59 Å². The minimum Gasteiger partial charge on any atom is -0.465 e. The van der Waals surface area contributed by atoms with Crippen LogP contribution in [0.5, 0.6) is 5.75 Å². The molecule has 0 radical (unpaired) electrons. The third-order valence-electron chi connectivity index (χ3n) is 2.37. The van der Waals surface area contributed by atoms with Gasteiger partial charge in [0.15, 0.2) is 0 Å². The molecule has 90 valence electrons. The van der Waals surface area contributed by atoms with E-state index in [1.54, 1.807) is 19.1 Å². The highest BCUT2D eigenvalue weighted by atomic mass is 16.5. The normalized spacial score (nSPS) is 12.9. The molecule has 0 fully saturated rings. The van der Waals surface area contributed by atoms with E-state index in [2.05, 4.69) is 5.32 Å². The van der Waals surface area contributed by atoms with Crippen molar-refractivity contribution in [2.75, 3.05) is 18.5 Å². The van der Waals surface area contributed by atoms with E-state index in [1.165, 1.54) is 0 Å². The highest BCUT2D eigenvalue weighted by molar-refractivity contribution is 5.82. The number of ether oxygens (including phenoxy) is 2. The SMILES string of the molecule is CCOC(=O)CNc1ccc2c(c1)OC(=O)C2. The summed E-state index contributed by atoms with van der Waals surface area (Å²) in [6, 6.07) is 5.33. The number of fused-ring (bicyclic) bond motifs is 1. The van der Waals surface area contributed by atoms with Gasteiger partial charge in [-0.2, -0.15) is 0 Å². The van der Waals surface area contributed by atoms with E-state index in [0.717, 1.165) is 11.3 Å². The van der Waals surface area contributed by atoms with Crippen molar-refractivity contribution < 1.29 is 19.1 Å². The zero-order valence-corrected chi connectivity index (χ0v) is 9.49. The third-order valence-corrected chi connectivity index (χ3v) is 2.37. The second-order valence-electron chi connectivity index (χ2n) is 3.63. The molecule has 1 aromatic rings. The fourth-order valence-electron chi connectivity index (χ4n) is 1.61. The molecule has 0 amide bonds. The first-order chi connectivity index (χ1) is 8.19. The van der Waals surface area contributed by atoms with Crippen molar-refractivity contribution in [1.29, 1.82) is 0 Å². The Balaban J connectivity index is 1.97. The molecule has 5 nitrogen and oxygen atoms in total. The maximum absolute atomic E-state index is 11.1. The van der Waals surface area contributed by atoms with Crippen LogP contribution in [0.15, 0.2) is 18.2 Å². The van der Waals surface area contributed by atoms with E-state index in [-0.39, 0.29) is 18.5 Å². The largest absolute Gasteiger partial charge is 0.465 e. The van der Waals surface area contributed by atoms with Gasteiger partial charge in [-0.25, -0.2) is 0 Å². The number of esters is 2. The molecule has 0 unspecified atom stereocenters. The molecule has 1 aliphatic heterocycles. The zero-order valence-electron chi connectivity index (χ0n) is 9.49. The van der Waals surface area contributed by atoms with Gasteiger partial charge in [-0.1, -0.05) is 6.07 Å². The minimum absolute atomic E-state index is 0.0978. The van der Waals surface area contributed by atoms with E-state index in [4.69, 9.17) is 9.47 Å². The number of hydrogen-bond acceptors (Lipinski definition) is 5. The van der Waals surface area contributed by atoms with Crippen molar-refractivity contribution in [3.63, 3.8) is 0 Å². The van der Waals surface area contributed by atoms with Crippen LogP contribution in [0.4, 0.5) is 5.69 Å². The predicted molar refractivity (Wildman–Crippen MR) is 60.9 cm³/mol. The highest BCUT2D eigenvalue weighted by Gasteiger charge is 2.20. The van der Waals surface area contributed by atoms with Crippen LogP contribution in [0.2, 0.25) is 0 Å². The molecule has 5 heteroatoms. The van der Waals surface area contributed by atoms with Gasteiger partial charge < -0.3 is 14.8 Å². The summed E-state index contributed by atoms with van der Waals surface area (Å²) >= 11 is 0. The summed E-state index contributed by atoms with van der Waals surface area (Å²) in [6.07, 6.45) is 0.313.